The molecule has 0 bridgehead atoms. The van der Waals surface area contributed by atoms with E-state index in [1.807, 2.05) is 10.6 Å². The lowest BCUT2D eigenvalue weighted by Gasteiger charge is -2.10. The Morgan fingerprint density at radius 2 is 1.89 bits per heavy atom. The summed E-state index contributed by atoms with van der Waals surface area (Å²) in [7, 11) is 0. The highest BCUT2D eigenvalue weighted by Crippen LogP contribution is 2.27. The van der Waals surface area contributed by atoms with E-state index in [-0.39, 0.29) is 0 Å². The number of benzene rings is 2. The molecule has 3 aromatic rings. The van der Waals surface area contributed by atoms with Gasteiger partial charge in [-0.1, -0.05) is 22.0 Å². The van der Waals surface area contributed by atoms with Crippen LogP contribution in [0.1, 0.15) is 11.1 Å². The van der Waals surface area contributed by atoms with E-state index >= 15 is 0 Å². The van der Waals surface area contributed by atoms with Crippen LogP contribution in [-0.2, 0) is 0 Å². The van der Waals surface area contributed by atoms with Gasteiger partial charge >= 0.3 is 0 Å². The highest BCUT2D eigenvalue weighted by atomic mass is 79.9. The van der Waals surface area contributed by atoms with Gasteiger partial charge in [-0.05, 0) is 55.3 Å². The van der Waals surface area contributed by atoms with Crippen LogP contribution >= 0.6 is 15.9 Å². The number of anilines is 1. The third kappa shape index (κ3) is 2.02. The van der Waals surface area contributed by atoms with Gasteiger partial charge in [-0.3, -0.25) is 4.57 Å². The van der Waals surface area contributed by atoms with Crippen LogP contribution in [0.5, 0.6) is 0 Å². The van der Waals surface area contributed by atoms with Gasteiger partial charge in [-0.25, -0.2) is 4.98 Å². The first-order valence-electron chi connectivity index (χ1n) is 6.07. The summed E-state index contributed by atoms with van der Waals surface area (Å²) in [4.78, 5) is 4.44. The molecule has 1 aromatic heterocycles. The molecule has 0 amide bonds. The Kier molecular flexibility index (Phi) is 2.82. The molecule has 0 saturated heterocycles. The minimum Gasteiger partial charge on any atom is -0.369 e. The Morgan fingerprint density at radius 3 is 2.63 bits per heavy atom. The van der Waals surface area contributed by atoms with Crippen molar-refractivity contribution in [2.24, 2.45) is 0 Å². The maximum absolute atomic E-state index is 6.08. The zero-order chi connectivity index (χ0) is 13.6. The van der Waals surface area contributed by atoms with Crippen molar-refractivity contribution in [3.8, 4) is 5.69 Å². The van der Waals surface area contributed by atoms with Crippen LogP contribution in [0, 0.1) is 13.8 Å². The standard InChI is InChI=1S/C15H14BrN3/c1-9-3-5-14-12(7-9)18-15(17)19(14)13-6-4-11(16)8-10(13)2/h3-8H,1-2H3,(H2,17,18). The zero-order valence-electron chi connectivity index (χ0n) is 10.8. The first-order chi connectivity index (χ1) is 9.06. The molecule has 3 rings (SSSR count). The average Bonchev–Trinajstić information content (AvgIpc) is 2.65. The van der Waals surface area contributed by atoms with Crippen LogP contribution in [0.15, 0.2) is 40.9 Å². The molecule has 0 spiro atoms. The molecule has 0 unspecified atom stereocenters. The summed E-state index contributed by atoms with van der Waals surface area (Å²) in [6, 6.07) is 12.3. The molecule has 2 aromatic carbocycles. The van der Waals surface area contributed by atoms with Gasteiger partial charge in [0.2, 0.25) is 5.95 Å². The number of nitrogen functional groups attached to an aromatic ring is 1. The Hall–Kier alpha value is -1.81. The highest BCUT2D eigenvalue weighted by Gasteiger charge is 2.11. The number of imidazole rings is 1. The molecule has 0 aliphatic rings. The third-order valence-electron chi connectivity index (χ3n) is 3.24. The lowest BCUT2D eigenvalue weighted by molar-refractivity contribution is 1.09. The fourth-order valence-electron chi connectivity index (χ4n) is 2.33. The minimum atomic E-state index is 0.519. The second kappa shape index (κ2) is 4.38. The van der Waals surface area contributed by atoms with Crippen molar-refractivity contribution in [3.63, 3.8) is 0 Å². The van der Waals surface area contributed by atoms with Crippen LogP contribution in [0.4, 0.5) is 5.95 Å². The summed E-state index contributed by atoms with van der Waals surface area (Å²) in [5.41, 5.74) is 11.4. The van der Waals surface area contributed by atoms with Crippen molar-refractivity contribution in [2.75, 3.05) is 5.73 Å². The number of fused-ring (bicyclic) bond motifs is 1. The van der Waals surface area contributed by atoms with Crippen LogP contribution in [0.2, 0.25) is 0 Å². The lowest BCUT2D eigenvalue weighted by Crippen LogP contribution is -2.02. The Balaban J connectivity index is 2.33. The summed E-state index contributed by atoms with van der Waals surface area (Å²) in [6.45, 7) is 4.12. The van der Waals surface area contributed by atoms with E-state index in [0.717, 1.165) is 26.8 Å². The lowest BCUT2D eigenvalue weighted by atomic mass is 10.2. The highest BCUT2D eigenvalue weighted by molar-refractivity contribution is 9.10. The van der Waals surface area contributed by atoms with Gasteiger partial charge in [0.05, 0.1) is 16.7 Å². The van der Waals surface area contributed by atoms with Gasteiger partial charge in [0, 0.05) is 4.47 Å². The van der Waals surface area contributed by atoms with Gasteiger partial charge in [0.15, 0.2) is 0 Å². The van der Waals surface area contributed by atoms with E-state index in [9.17, 15) is 0 Å². The molecule has 0 saturated carbocycles. The SMILES string of the molecule is Cc1ccc2c(c1)nc(N)n2-c1ccc(Br)cc1C. The maximum Gasteiger partial charge on any atom is 0.205 e. The second-order valence-corrected chi connectivity index (χ2v) is 5.64. The molecule has 4 heteroatoms. The van der Waals surface area contributed by atoms with E-state index in [1.165, 1.54) is 5.56 Å². The summed E-state index contributed by atoms with van der Waals surface area (Å²) < 4.78 is 3.06. The van der Waals surface area contributed by atoms with E-state index in [2.05, 4.69) is 65.1 Å². The molecule has 96 valence electrons. The van der Waals surface area contributed by atoms with Gasteiger partial charge in [-0.2, -0.15) is 0 Å². The number of hydrogen-bond acceptors (Lipinski definition) is 2. The molecule has 19 heavy (non-hydrogen) atoms. The fourth-order valence-corrected chi connectivity index (χ4v) is 2.81. The van der Waals surface area contributed by atoms with Crippen molar-refractivity contribution in [1.82, 2.24) is 9.55 Å². The Labute approximate surface area is 120 Å². The predicted octanol–water partition coefficient (Wildman–Crippen LogP) is 3.99. The van der Waals surface area contributed by atoms with Crippen molar-refractivity contribution >= 4 is 32.9 Å². The topological polar surface area (TPSA) is 43.8 Å². The molecule has 0 radical (unpaired) electrons. The minimum absolute atomic E-state index is 0.519. The summed E-state index contributed by atoms with van der Waals surface area (Å²) >= 11 is 3.48. The first-order valence-corrected chi connectivity index (χ1v) is 6.86. The summed E-state index contributed by atoms with van der Waals surface area (Å²) in [6.07, 6.45) is 0. The van der Waals surface area contributed by atoms with Gasteiger partial charge in [-0.15, -0.1) is 0 Å². The summed E-state index contributed by atoms with van der Waals surface area (Å²) in [5.74, 6) is 0.519. The first kappa shape index (κ1) is 12.2. The van der Waals surface area contributed by atoms with Crippen LogP contribution in [0.25, 0.3) is 16.7 Å². The monoisotopic (exact) mass is 315 g/mol. The largest absolute Gasteiger partial charge is 0.369 e. The van der Waals surface area contributed by atoms with Crippen LogP contribution < -0.4 is 5.73 Å². The Bertz CT molecular complexity index is 774. The number of nitrogens with zero attached hydrogens (tertiary/aromatic N) is 2. The Morgan fingerprint density at radius 1 is 1.11 bits per heavy atom. The average molecular weight is 316 g/mol. The molecule has 1 heterocycles. The fraction of sp³-hybridized carbons (Fsp3) is 0.133. The molecule has 0 aliphatic heterocycles. The van der Waals surface area contributed by atoms with Crippen LogP contribution in [-0.4, -0.2) is 9.55 Å². The predicted molar refractivity (Wildman–Crippen MR) is 82.7 cm³/mol. The summed E-state index contributed by atoms with van der Waals surface area (Å²) in [5, 5.41) is 0. The zero-order valence-corrected chi connectivity index (χ0v) is 12.4. The molecule has 0 aliphatic carbocycles. The van der Waals surface area contributed by atoms with E-state index in [1.54, 1.807) is 0 Å². The number of nitrogens with two attached hydrogens (primary N) is 1. The van der Waals surface area contributed by atoms with Crippen molar-refractivity contribution < 1.29 is 0 Å². The number of aryl methyl sites for hydroxylation is 2. The van der Waals surface area contributed by atoms with Crippen LogP contribution in [0.3, 0.4) is 0 Å². The third-order valence-corrected chi connectivity index (χ3v) is 3.73. The molecular weight excluding hydrogens is 302 g/mol. The van der Waals surface area contributed by atoms with E-state index < -0.39 is 0 Å². The number of hydrogen-bond donors (Lipinski definition) is 1. The van der Waals surface area contributed by atoms with Crippen molar-refractivity contribution in [1.29, 1.82) is 0 Å². The van der Waals surface area contributed by atoms with Gasteiger partial charge in [0.1, 0.15) is 0 Å². The molecule has 0 atom stereocenters. The molecule has 0 fully saturated rings. The normalized spacial score (nSPS) is 11.1. The quantitative estimate of drug-likeness (QED) is 0.738. The van der Waals surface area contributed by atoms with Crippen molar-refractivity contribution in [3.05, 3.63) is 52.0 Å². The van der Waals surface area contributed by atoms with Gasteiger partial charge < -0.3 is 5.73 Å². The van der Waals surface area contributed by atoms with Crippen molar-refractivity contribution in [2.45, 2.75) is 13.8 Å². The molecular formula is C15H14BrN3. The number of aromatic nitrogens is 2. The smallest absolute Gasteiger partial charge is 0.205 e. The van der Waals surface area contributed by atoms with E-state index in [4.69, 9.17) is 5.73 Å². The number of halogens is 1. The van der Waals surface area contributed by atoms with Gasteiger partial charge in [0.25, 0.3) is 0 Å². The second-order valence-electron chi connectivity index (χ2n) is 4.73. The molecule has 3 nitrogen and oxygen atoms in total. The maximum atomic E-state index is 6.08. The van der Waals surface area contributed by atoms with E-state index in [0.29, 0.717) is 5.95 Å². The molecule has 2 N–H and O–H groups in total. The number of rotatable bonds is 1.